The van der Waals surface area contributed by atoms with Gasteiger partial charge in [0.2, 0.25) is 11.9 Å². The van der Waals surface area contributed by atoms with Gasteiger partial charge in [-0.15, -0.1) is 0 Å². The van der Waals surface area contributed by atoms with E-state index in [1.165, 1.54) is 12.1 Å². The summed E-state index contributed by atoms with van der Waals surface area (Å²) in [7, 11) is 0. The summed E-state index contributed by atoms with van der Waals surface area (Å²) in [5.41, 5.74) is 1.20. The Labute approximate surface area is 307 Å². The molecule has 1 fully saturated rings. The van der Waals surface area contributed by atoms with Gasteiger partial charge in [-0.1, -0.05) is 67.4 Å². The fourth-order valence-electron chi connectivity index (χ4n) is 4.89. The zero-order chi connectivity index (χ0) is 37.5. The standard InChI is InChI=1S/C35H35Cl2F3N8O4/c1-33(2,19-43-29(51)28(50)41-17-22-5-3-4-6-26(22)37)18-42-27(49)21-7-13-25(14-8-21)44-30-45-31(47-32(46-30)52-20-35(38,39)40)48-34(15-16-34)23-9-11-24(36)12-10-23/h3-14H,15-20H2,1-2H3,(H,41,50)(H,42,49)(H,43,51)(H2,44,45,46,47,48). The number of amides is 3. The third kappa shape index (κ3) is 10.9. The van der Waals surface area contributed by atoms with Crippen molar-refractivity contribution in [2.75, 3.05) is 30.3 Å². The number of nitrogens with one attached hydrogen (secondary N) is 5. The zero-order valence-corrected chi connectivity index (χ0v) is 29.5. The number of aromatic nitrogens is 3. The van der Waals surface area contributed by atoms with E-state index in [1.807, 2.05) is 26.0 Å². The Morgan fingerprint density at radius 1 is 0.808 bits per heavy atom. The SMILES string of the molecule is CC(C)(CNC(=O)C(=O)NCc1ccccc1Cl)CNC(=O)c1ccc(Nc2nc(NC3(c4ccc(Cl)cc4)CC3)nc(OCC(F)(F)F)n2)cc1. The first-order valence-corrected chi connectivity index (χ1v) is 16.8. The molecule has 52 heavy (non-hydrogen) atoms. The Balaban J connectivity index is 1.16. The van der Waals surface area contributed by atoms with E-state index in [2.05, 4.69) is 41.5 Å². The smallest absolute Gasteiger partial charge is 0.422 e. The molecule has 0 saturated heterocycles. The molecule has 5 N–H and O–H groups in total. The highest BCUT2D eigenvalue weighted by molar-refractivity contribution is 6.35. The second-order valence-electron chi connectivity index (χ2n) is 12.9. The molecule has 0 spiro atoms. The van der Waals surface area contributed by atoms with Crippen molar-refractivity contribution in [2.24, 2.45) is 5.41 Å². The van der Waals surface area contributed by atoms with Crippen LogP contribution in [0.25, 0.3) is 0 Å². The van der Waals surface area contributed by atoms with E-state index in [4.69, 9.17) is 27.9 Å². The Kier molecular flexibility index (Phi) is 11.7. The lowest BCUT2D eigenvalue weighted by atomic mass is 9.93. The Bertz CT molecular complexity index is 1910. The van der Waals surface area contributed by atoms with Gasteiger partial charge in [-0.05, 0) is 71.8 Å². The van der Waals surface area contributed by atoms with Crippen molar-refractivity contribution in [2.45, 2.75) is 44.9 Å². The fraction of sp³-hybridized carbons (Fsp3) is 0.314. The van der Waals surface area contributed by atoms with Gasteiger partial charge in [-0.2, -0.15) is 28.1 Å². The molecule has 0 aliphatic heterocycles. The maximum absolute atomic E-state index is 12.9. The average molecular weight is 760 g/mol. The van der Waals surface area contributed by atoms with E-state index in [0.29, 0.717) is 26.9 Å². The molecule has 3 aromatic carbocycles. The highest BCUT2D eigenvalue weighted by Gasteiger charge is 2.45. The topological polar surface area (TPSA) is 159 Å². The molecule has 1 heterocycles. The summed E-state index contributed by atoms with van der Waals surface area (Å²) in [5, 5.41) is 15.1. The van der Waals surface area contributed by atoms with Gasteiger partial charge in [0, 0.05) is 40.9 Å². The maximum atomic E-state index is 12.9. The molecule has 1 aliphatic carbocycles. The largest absolute Gasteiger partial charge is 0.454 e. The number of nitrogens with zero attached hydrogens (tertiary/aromatic N) is 3. The van der Waals surface area contributed by atoms with Gasteiger partial charge in [0.1, 0.15) is 0 Å². The predicted octanol–water partition coefficient (Wildman–Crippen LogP) is 6.15. The molecule has 1 aromatic heterocycles. The summed E-state index contributed by atoms with van der Waals surface area (Å²) in [4.78, 5) is 49.9. The maximum Gasteiger partial charge on any atom is 0.422 e. The summed E-state index contributed by atoms with van der Waals surface area (Å²) < 4.78 is 43.6. The van der Waals surface area contributed by atoms with Gasteiger partial charge < -0.3 is 31.3 Å². The average Bonchev–Trinajstić information content (AvgIpc) is 3.88. The van der Waals surface area contributed by atoms with E-state index in [9.17, 15) is 27.6 Å². The Morgan fingerprint density at radius 2 is 1.44 bits per heavy atom. The van der Waals surface area contributed by atoms with Crippen molar-refractivity contribution >= 4 is 58.5 Å². The predicted molar refractivity (Wildman–Crippen MR) is 190 cm³/mol. The van der Waals surface area contributed by atoms with Crippen LogP contribution in [0, 0.1) is 5.41 Å². The van der Waals surface area contributed by atoms with Crippen LogP contribution < -0.4 is 31.3 Å². The minimum Gasteiger partial charge on any atom is -0.454 e. The van der Waals surface area contributed by atoms with E-state index < -0.39 is 47.5 Å². The van der Waals surface area contributed by atoms with Gasteiger partial charge in [0.25, 0.3) is 5.91 Å². The Morgan fingerprint density at radius 3 is 2.10 bits per heavy atom. The van der Waals surface area contributed by atoms with Gasteiger partial charge >= 0.3 is 24.0 Å². The number of ether oxygens (including phenoxy) is 1. The van der Waals surface area contributed by atoms with Gasteiger partial charge in [0.05, 0.1) is 5.54 Å². The molecule has 1 saturated carbocycles. The summed E-state index contributed by atoms with van der Waals surface area (Å²) >= 11 is 12.1. The number of benzene rings is 3. The summed E-state index contributed by atoms with van der Waals surface area (Å²) in [6.07, 6.45) is -3.14. The number of hydrogen-bond acceptors (Lipinski definition) is 9. The molecule has 17 heteroatoms. The number of alkyl halides is 3. The van der Waals surface area contributed by atoms with Gasteiger partial charge in [-0.25, -0.2) is 0 Å². The van der Waals surface area contributed by atoms with Gasteiger partial charge in [0.15, 0.2) is 6.61 Å². The highest BCUT2D eigenvalue weighted by atomic mass is 35.5. The van der Waals surface area contributed by atoms with Crippen LogP contribution in [-0.2, 0) is 21.7 Å². The van der Waals surface area contributed by atoms with Crippen LogP contribution in [0.15, 0.2) is 72.8 Å². The zero-order valence-electron chi connectivity index (χ0n) is 28.0. The van der Waals surface area contributed by atoms with Crippen molar-refractivity contribution in [3.05, 3.63) is 99.5 Å². The monoisotopic (exact) mass is 758 g/mol. The number of rotatable bonds is 14. The van der Waals surface area contributed by atoms with Crippen molar-refractivity contribution in [3.63, 3.8) is 0 Å². The molecule has 0 bridgehead atoms. The van der Waals surface area contributed by atoms with E-state index in [1.54, 1.807) is 48.5 Å². The first kappa shape index (κ1) is 38.1. The molecular formula is C35H35Cl2F3N8O4. The molecule has 274 valence electrons. The van der Waals surface area contributed by atoms with Crippen LogP contribution in [0.2, 0.25) is 10.0 Å². The lowest BCUT2D eigenvalue weighted by Crippen LogP contribution is -2.46. The van der Waals surface area contributed by atoms with Crippen LogP contribution in [0.5, 0.6) is 6.01 Å². The third-order valence-corrected chi connectivity index (χ3v) is 8.56. The third-order valence-electron chi connectivity index (χ3n) is 7.94. The fourth-order valence-corrected chi connectivity index (χ4v) is 5.22. The molecule has 4 aromatic rings. The van der Waals surface area contributed by atoms with Crippen LogP contribution in [-0.4, -0.2) is 58.5 Å². The normalized spacial score (nSPS) is 13.4. The quantitative estimate of drug-likeness (QED) is 0.0951. The van der Waals surface area contributed by atoms with E-state index in [-0.39, 0.29) is 31.5 Å². The number of halogens is 5. The molecule has 0 unspecified atom stereocenters. The molecule has 0 atom stereocenters. The van der Waals surface area contributed by atoms with Crippen LogP contribution in [0.3, 0.4) is 0 Å². The second kappa shape index (κ2) is 16.0. The van der Waals surface area contributed by atoms with E-state index in [0.717, 1.165) is 18.4 Å². The van der Waals surface area contributed by atoms with Crippen molar-refractivity contribution in [1.29, 1.82) is 0 Å². The van der Waals surface area contributed by atoms with Gasteiger partial charge in [-0.3, -0.25) is 14.4 Å². The number of hydrogen-bond donors (Lipinski definition) is 5. The lowest BCUT2D eigenvalue weighted by Gasteiger charge is -2.25. The number of anilines is 3. The second-order valence-corrected chi connectivity index (χ2v) is 13.7. The number of carbonyl (C=O) groups is 3. The van der Waals surface area contributed by atoms with Crippen molar-refractivity contribution < 1.29 is 32.3 Å². The lowest BCUT2D eigenvalue weighted by molar-refractivity contribution is -0.154. The number of carbonyl (C=O) groups excluding carboxylic acids is 3. The minimum absolute atomic E-state index is 0.00894. The van der Waals surface area contributed by atoms with Crippen LogP contribution in [0.4, 0.5) is 30.8 Å². The van der Waals surface area contributed by atoms with E-state index >= 15 is 0 Å². The highest BCUT2D eigenvalue weighted by Crippen LogP contribution is 2.48. The molecule has 3 amide bonds. The molecule has 1 aliphatic rings. The first-order chi connectivity index (χ1) is 24.6. The van der Waals surface area contributed by atoms with Crippen LogP contribution >= 0.6 is 23.2 Å². The summed E-state index contributed by atoms with van der Waals surface area (Å²) in [6, 6.07) is 19.8. The first-order valence-electron chi connectivity index (χ1n) is 16.0. The summed E-state index contributed by atoms with van der Waals surface area (Å²) in [5.74, 6) is -2.10. The molecular weight excluding hydrogens is 724 g/mol. The molecule has 5 rings (SSSR count). The Hall–Kier alpha value is -5.15. The minimum atomic E-state index is -4.61. The summed E-state index contributed by atoms with van der Waals surface area (Å²) in [6.45, 7) is 2.40. The van der Waals surface area contributed by atoms with Crippen molar-refractivity contribution in [3.8, 4) is 6.01 Å². The molecule has 0 radical (unpaired) electrons. The molecule has 12 nitrogen and oxygen atoms in total. The van der Waals surface area contributed by atoms with Crippen LogP contribution in [0.1, 0.15) is 48.2 Å². The van der Waals surface area contributed by atoms with Crippen molar-refractivity contribution in [1.82, 2.24) is 30.9 Å².